The maximum absolute atomic E-state index is 12.1. The molecular formula is C17H26N4O. The van der Waals surface area contributed by atoms with E-state index in [2.05, 4.69) is 32.7 Å². The fourth-order valence-corrected chi connectivity index (χ4v) is 3.42. The Kier molecular flexibility index (Phi) is 5.40. The van der Waals surface area contributed by atoms with E-state index in [1.807, 2.05) is 12.4 Å². The first-order valence-electron chi connectivity index (χ1n) is 8.43. The molecule has 5 heteroatoms. The van der Waals surface area contributed by atoms with Gasteiger partial charge < -0.3 is 10.6 Å². The quantitative estimate of drug-likeness (QED) is 0.861. The number of hydrogen-bond donors (Lipinski definition) is 2. The molecule has 0 aromatic carbocycles. The Balaban J connectivity index is 1.37. The zero-order valence-electron chi connectivity index (χ0n) is 13.1. The van der Waals surface area contributed by atoms with Crippen molar-refractivity contribution in [2.75, 3.05) is 19.6 Å². The highest BCUT2D eigenvalue weighted by molar-refractivity contribution is 5.76. The Hall–Kier alpha value is -1.46. The minimum Gasteiger partial charge on any atom is -0.353 e. The molecule has 2 saturated heterocycles. The molecule has 0 aliphatic carbocycles. The first-order chi connectivity index (χ1) is 10.8. The summed E-state index contributed by atoms with van der Waals surface area (Å²) in [6.45, 7) is 4.14. The Bertz CT molecular complexity index is 465. The van der Waals surface area contributed by atoms with Gasteiger partial charge in [-0.05, 0) is 49.9 Å². The number of nitrogens with one attached hydrogen (secondary N) is 2. The van der Waals surface area contributed by atoms with E-state index in [4.69, 9.17) is 0 Å². The van der Waals surface area contributed by atoms with Crippen LogP contribution in [0.3, 0.4) is 0 Å². The van der Waals surface area contributed by atoms with Gasteiger partial charge in [0, 0.05) is 50.5 Å². The van der Waals surface area contributed by atoms with Crippen molar-refractivity contribution in [3.05, 3.63) is 30.1 Å². The molecule has 1 aromatic rings. The third-order valence-electron chi connectivity index (χ3n) is 4.70. The van der Waals surface area contributed by atoms with Gasteiger partial charge in [-0.3, -0.25) is 14.7 Å². The van der Waals surface area contributed by atoms with Crippen molar-refractivity contribution in [2.45, 2.75) is 50.7 Å². The molecule has 2 aliphatic heterocycles. The smallest absolute Gasteiger partial charge is 0.221 e. The summed E-state index contributed by atoms with van der Waals surface area (Å²) in [6.07, 6.45) is 8.77. The fraction of sp³-hybridized carbons (Fsp3) is 0.647. The van der Waals surface area contributed by atoms with Gasteiger partial charge in [0.05, 0.1) is 0 Å². The van der Waals surface area contributed by atoms with E-state index in [1.165, 1.54) is 12.0 Å². The lowest BCUT2D eigenvalue weighted by molar-refractivity contribution is -0.122. The van der Waals surface area contributed by atoms with Crippen LogP contribution in [0.5, 0.6) is 0 Å². The highest BCUT2D eigenvalue weighted by atomic mass is 16.1. The second-order valence-corrected chi connectivity index (χ2v) is 6.47. The number of amides is 1. The van der Waals surface area contributed by atoms with E-state index in [1.54, 1.807) is 0 Å². The molecule has 120 valence electrons. The van der Waals surface area contributed by atoms with Crippen LogP contribution < -0.4 is 10.6 Å². The van der Waals surface area contributed by atoms with Crippen LogP contribution in [0, 0.1) is 0 Å². The number of rotatable bonds is 5. The van der Waals surface area contributed by atoms with E-state index in [9.17, 15) is 4.79 Å². The van der Waals surface area contributed by atoms with E-state index in [0.717, 1.165) is 45.4 Å². The molecule has 2 aliphatic rings. The Morgan fingerprint density at radius 1 is 1.27 bits per heavy atom. The van der Waals surface area contributed by atoms with Crippen LogP contribution in [0.25, 0.3) is 0 Å². The fourth-order valence-electron chi connectivity index (χ4n) is 3.42. The van der Waals surface area contributed by atoms with Crippen molar-refractivity contribution in [1.82, 2.24) is 20.5 Å². The number of aromatic nitrogens is 1. The Morgan fingerprint density at radius 2 is 2.05 bits per heavy atom. The van der Waals surface area contributed by atoms with Gasteiger partial charge in [-0.25, -0.2) is 0 Å². The summed E-state index contributed by atoms with van der Waals surface area (Å²) in [4.78, 5) is 18.6. The van der Waals surface area contributed by atoms with Crippen LogP contribution in [0.15, 0.2) is 24.5 Å². The molecular weight excluding hydrogens is 276 g/mol. The molecule has 0 spiro atoms. The van der Waals surface area contributed by atoms with Crippen molar-refractivity contribution in [1.29, 1.82) is 0 Å². The highest BCUT2D eigenvalue weighted by Gasteiger charge is 2.23. The number of piperidine rings is 1. The third-order valence-corrected chi connectivity index (χ3v) is 4.70. The van der Waals surface area contributed by atoms with Crippen molar-refractivity contribution in [3.8, 4) is 0 Å². The molecule has 3 heterocycles. The Morgan fingerprint density at radius 3 is 2.73 bits per heavy atom. The van der Waals surface area contributed by atoms with Crippen molar-refractivity contribution < 1.29 is 4.79 Å². The summed E-state index contributed by atoms with van der Waals surface area (Å²) < 4.78 is 0. The molecule has 0 saturated carbocycles. The van der Waals surface area contributed by atoms with E-state index >= 15 is 0 Å². The zero-order valence-corrected chi connectivity index (χ0v) is 13.1. The van der Waals surface area contributed by atoms with Crippen LogP contribution in [-0.4, -0.2) is 47.5 Å². The summed E-state index contributed by atoms with van der Waals surface area (Å²) in [5, 5.41) is 6.60. The molecule has 5 nitrogen and oxygen atoms in total. The highest BCUT2D eigenvalue weighted by Crippen LogP contribution is 2.14. The molecule has 1 aromatic heterocycles. The lowest BCUT2D eigenvalue weighted by atomic mass is 10.0. The van der Waals surface area contributed by atoms with Crippen LogP contribution in [0.2, 0.25) is 0 Å². The summed E-state index contributed by atoms with van der Waals surface area (Å²) in [5.41, 5.74) is 1.31. The van der Waals surface area contributed by atoms with Crippen LogP contribution in [-0.2, 0) is 11.3 Å². The summed E-state index contributed by atoms with van der Waals surface area (Å²) in [5.74, 6) is 0.215. The number of carbonyl (C=O) groups is 1. The topological polar surface area (TPSA) is 57.3 Å². The first-order valence-corrected chi connectivity index (χ1v) is 8.43. The maximum Gasteiger partial charge on any atom is 0.221 e. The minimum atomic E-state index is 0.215. The lowest BCUT2D eigenvalue weighted by Gasteiger charge is -2.32. The predicted octanol–water partition coefficient (Wildman–Crippen LogP) is 1.30. The van der Waals surface area contributed by atoms with Crippen LogP contribution in [0.1, 0.15) is 37.7 Å². The van der Waals surface area contributed by atoms with Gasteiger partial charge in [0.25, 0.3) is 0 Å². The molecule has 1 atom stereocenters. The van der Waals surface area contributed by atoms with Crippen LogP contribution >= 0.6 is 0 Å². The molecule has 22 heavy (non-hydrogen) atoms. The van der Waals surface area contributed by atoms with E-state index in [0.29, 0.717) is 18.5 Å². The molecule has 1 amide bonds. The number of nitrogens with zero attached hydrogens (tertiary/aromatic N) is 2. The van der Waals surface area contributed by atoms with Crippen molar-refractivity contribution >= 4 is 5.91 Å². The van der Waals surface area contributed by atoms with E-state index < -0.39 is 0 Å². The number of pyridine rings is 1. The normalized spacial score (nSPS) is 23.5. The average molecular weight is 302 g/mol. The molecule has 0 bridgehead atoms. The largest absolute Gasteiger partial charge is 0.353 e. The van der Waals surface area contributed by atoms with Gasteiger partial charge in [-0.1, -0.05) is 0 Å². The standard InChI is InChI=1S/C17H26N4O/c22-17(12-16-2-1-7-19-16)20-15-5-10-21(11-6-15)13-14-3-8-18-9-4-14/h3-4,8-9,15-16,19H,1-2,5-7,10-13H2,(H,20,22). The SMILES string of the molecule is O=C(CC1CCCN1)NC1CCN(Cc2ccncc2)CC1. The monoisotopic (exact) mass is 302 g/mol. The van der Waals surface area contributed by atoms with Crippen LogP contribution in [0.4, 0.5) is 0 Å². The summed E-state index contributed by atoms with van der Waals surface area (Å²) in [7, 11) is 0. The third kappa shape index (κ3) is 4.52. The Labute approximate surface area is 132 Å². The average Bonchev–Trinajstić information content (AvgIpc) is 3.03. The van der Waals surface area contributed by atoms with E-state index in [-0.39, 0.29) is 5.91 Å². The van der Waals surface area contributed by atoms with Crippen molar-refractivity contribution in [3.63, 3.8) is 0 Å². The first kappa shape index (κ1) is 15.4. The van der Waals surface area contributed by atoms with Gasteiger partial charge in [-0.15, -0.1) is 0 Å². The number of carbonyl (C=O) groups excluding carboxylic acids is 1. The summed E-state index contributed by atoms with van der Waals surface area (Å²) in [6, 6.07) is 4.89. The number of hydrogen-bond acceptors (Lipinski definition) is 4. The van der Waals surface area contributed by atoms with Gasteiger partial charge >= 0.3 is 0 Å². The van der Waals surface area contributed by atoms with Gasteiger partial charge in [0.2, 0.25) is 5.91 Å². The summed E-state index contributed by atoms with van der Waals surface area (Å²) >= 11 is 0. The predicted molar refractivity (Wildman–Crippen MR) is 86.3 cm³/mol. The lowest BCUT2D eigenvalue weighted by Crippen LogP contribution is -2.45. The molecule has 2 N–H and O–H groups in total. The second-order valence-electron chi connectivity index (χ2n) is 6.47. The van der Waals surface area contributed by atoms with Gasteiger partial charge in [0.1, 0.15) is 0 Å². The maximum atomic E-state index is 12.1. The zero-order chi connectivity index (χ0) is 15.2. The van der Waals surface area contributed by atoms with Gasteiger partial charge in [0.15, 0.2) is 0 Å². The van der Waals surface area contributed by atoms with Gasteiger partial charge in [-0.2, -0.15) is 0 Å². The number of likely N-dealkylation sites (tertiary alicyclic amines) is 1. The molecule has 0 radical (unpaired) electrons. The minimum absolute atomic E-state index is 0.215. The second kappa shape index (κ2) is 7.70. The molecule has 2 fully saturated rings. The molecule has 3 rings (SSSR count). The van der Waals surface area contributed by atoms with Crippen molar-refractivity contribution in [2.24, 2.45) is 0 Å². The molecule has 1 unspecified atom stereocenters.